The molecule has 1 aromatic heterocycles. The number of aryl methyl sites for hydroxylation is 1. The SMILES string of the molecule is Cc1cccc(=O)n1CCCCNC(=O)CCC(=O)c1ccc(Cl)cc1. The zero-order chi connectivity index (χ0) is 18.9. The average molecular weight is 375 g/mol. The molecule has 0 spiro atoms. The second-order valence-corrected chi connectivity index (χ2v) is 6.58. The van der Waals surface area contributed by atoms with E-state index in [1.165, 1.54) is 0 Å². The summed E-state index contributed by atoms with van der Waals surface area (Å²) in [6.45, 7) is 3.08. The van der Waals surface area contributed by atoms with E-state index in [4.69, 9.17) is 11.6 Å². The molecule has 0 atom stereocenters. The minimum absolute atomic E-state index is 0.00486. The Balaban J connectivity index is 1.64. The molecular formula is C20H23ClN2O3. The van der Waals surface area contributed by atoms with Gasteiger partial charge in [-0.25, -0.2) is 0 Å². The second kappa shape index (κ2) is 9.92. The summed E-state index contributed by atoms with van der Waals surface area (Å²) in [5.41, 5.74) is 1.49. The van der Waals surface area contributed by atoms with Crippen LogP contribution in [0.3, 0.4) is 0 Å². The van der Waals surface area contributed by atoms with E-state index in [1.807, 2.05) is 13.0 Å². The van der Waals surface area contributed by atoms with E-state index in [0.717, 1.165) is 18.5 Å². The number of benzene rings is 1. The molecule has 0 saturated carbocycles. The number of carbonyl (C=O) groups excluding carboxylic acids is 2. The number of hydrogen-bond donors (Lipinski definition) is 1. The van der Waals surface area contributed by atoms with Gasteiger partial charge in [-0.15, -0.1) is 0 Å². The number of hydrogen-bond acceptors (Lipinski definition) is 3. The molecule has 1 amide bonds. The predicted molar refractivity (Wildman–Crippen MR) is 103 cm³/mol. The zero-order valence-corrected chi connectivity index (χ0v) is 15.6. The molecule has 26 heavy (non-hydrogen) atoms. The Morgan fingerprint density at radius 1 is 1.04 bits per heavy atom. The highest BCUT2D eigenvalue weighted by atomic mass is 35.5. The Morgan fingerprint density at radius 3 is 2.46 bits per heavy atom. The van der Waals surface area contributed by atoms with Crippen molar-refractivity contribution in [3.8, 4) is 0 Å². The fraction of sp³-hybridized carbons (Fsp3) is 0.350. The minimum Gasteiger partial charge on any atom is -0.356 e. The summed E-state index contributed by atoms with van der Waals surface area (Å²) in [6, 6.07) is 11.8. The molecule has 0 unspecified atom stereocenters. The molecule has 0 fully saturated rings. The summed E-state index contributed by atoms with van der Waals surface area (Å²) in [6.07, 6.45) is 1.91. The first kappa shape index (κ1) is 19.9. The molecule has 2 aromatic rings. The summed E-state index contributed by atoms with van der Waals surface area (Å²) in [5, 5.41) is 3.39. The van der Waals surface area contributed by atoms with Gasteiger partial charge < -0.3 is 9.88 Å². The van der Waals surface area contributed by atoms with Gasteiger partial charge in [-0.05, 0) is 50.1 Å². The lowest BCUT2D eigenvalue weighted by Crippen LogP contribution is -2.26. The number of Topliss-reactive ketones (excluding diaryl/α,β-unsaturated/α-hetero) is 1. The Morgan fingerprint density at radius 2 is 1.77 bits per heavy atom. The topological polar surface area (TPSA) is 68.2 Å². The first-order valence-electron chi connectivity index (χ1n) is 8.69. The average Bonchev–Trinajstić information content (AvgIpc) is 2.62. The van der Waals surface area contributed by atoms with Gasteiger partial charge in [-0.1, -0.05) is 17.7 Å². The molecule has 1 aromatic carbocycles. The molecule has 6 heteroatoms. The highest BCUT2D eigenvalue weighted by Gasteiger charge is 2.09. The molecule has 1 heterocycles. The highest BCUT2D eigenvalue weighted by molar-refractivity contribution is 6.30. The lowest BCUT2D eigenvalue weighted by molar-refractivity contribution is -0.121. The Hall–Kier alpha value is -2.40. The third-order valence-electron chi connectivity index (χ3n) is 4.14. The van der Waals surface area contributed by atoms with E-state index in [0.29, 0.717) is 23.7 Å². The normalized spacial score (nSPS) is 10.5. The standard InChI is InChI=1S/C20H23ClN2O3/c1-15-5-4-6-20(26)23(15)14-3-2-13-22-19(25)12-11-18(24)16-7-9-17(21)10-8-16/h4-10H,2-3,11-14H2,1H3,(H,22,25). The lowest BCUT2D eigenvalue weighted by Gasteiger charge is -2.09. The first-order chi connectivity index (χ1) is 12.5. The number of amides is 1. The number of nitrogens with one attached hydrogen (secondary N) is 1. The number of halogens is 1. The van der Waals surface area contributed by atoms with Crippen LogP contribution in [0.2, 0.25) is 5.02 Å². The van der Waals surface area contributed by atoms with Gasteiger partial charge in [-0.2, -0.15) is 0 Å². The van der Waals surface area contributed by atoms with Gasteiger partial charge in [0.15, 0.2) is 5.78 Å². The van der Waals surface area contributed by atoms with E-state index < -0.39 is 0 Å². The van der Waals surface area contributed by atoms with Gasteiger partial charge in [0.1, 0.15) is 0 Å². The summed E-state index contributed by atoms with van der Waals surface area (Å²) >= 11 is 5.79. The van der Waals surface area contributed by atoms with E-state index >= 15 is 0 Å². The van der Waals surface area contributed by atoms with Gasteiger partial charge in [0, 0.05) is 48.3 Å². The molecule has 5 nitrogen and oxygen atoms in total. The number of carbonyl (C=O) groups is 2. The van der Waals surface area contributed by atoms with Crippen molar-refractivity contribution in [2.75, 3.05) is 6.54 Å². The zero-order valence-electron chi connectivity index (χ0n) is 14.8. The monoisotopic (exact) mass is 374 g/mol. The van der Waals surface area contributed by atoms with Crippen LogP contribution in [0.25, 0.3) is 0 Å². The number of unbranched alkanes of at least 4 members (excludes halogenated alkanes) is 1. The number of ketones is 1. The van der Waals surface area contributed by atoms with Crippen LogP contribution >= 0.6 is 11.6 Å². The van der Waals surface area contributed by atoms with Crippen LogP contribution in [-0.2, 0) is 11.3 Å². The highest BCUT2D eigenvalue weighted by Crippen LogP contribution is 2.11. The van der Waals surface area contributed by atoms with Gasteiger partial charge in [0.05, 0.1) is 0 Å². The number of pyridine rings is 1. The van der Waals surface area contributed by atoms with Crippen molar-refractivity contribution in [1.29, 1.82) is 0 Å². The molecule has 0 aliphatic carbocycles. The van der Waals surface area contributed by atoms with E-state index in [1.54, 1.807) is 41.0 Å². The van der Waals surface area contributed by atoms with E-state index in [9.17, 15) is 14.4 Å². The summed E-state index contributed by atoms with van der Waals surface area (Å²) in [7, 11) is 0. The van der Waals surface area contributed by atoms with Crippen molar-refractivity contribution in [2.24, 2.45) is 0 Å². The second-order valence-electron chi connectivity index (χ2n) is 6.14. The smallest absolute Gasteiger partial charge is 0.250 e. The van der Waals surface area contributed by atoms with Crippen molar-refractivity contribution in [3.63, 3.8) is 0 Å². The van der Waals surface area contributed by atoms with Gasteiger partial charge >= 0.3 is 0 Å². The first-order valence-corrected chi connectivity index (χ1v) is 9.07. The van der Waals surface area contributed by atoms with Crippen molar-refractivity contribution >= 4 is 23.3 Å². The molecular weight excluding hydrogens is 352 g/mol. The third-order valence-corrected chi connectivity index (χ3v) is 4.40. The fourth-order valence-corrected chi connectivity index (χ4v) is 2.75. The van der Waals surface area contributed by atoms with Crippen LogP contribution in [0.15, 0.2) is 47.3 Å². The molecule has 1 N–H and O–H groups in total. The van der Waals surface area contributed by atoms with Crippen LogP contribution in [-0.4, -0.2) is 22.8 Å². The molecule has 138 valence electrons. The molecule has 0 radical (unpaired) electrons. The third kappa shape index (κ3) is 6.15. The lowest BCUT2D eigenvalue weighted by atomic mass is 10.1. The molecule has 0 saturated heterocycles. The van der Waals surface area contributed by atoms with E-state index in [2.05, 4.69) is 5.32 Å². The van der Waals surface area contributed by atoms with Gasteiger partial charge in [-0.3, -0.25) is 14.4 Å². The quantitative estimate of drug-likeness (QED) is 0.540. The maximum absolute atomic E-state index is 12.0. The molecule has 0 aliphatic heterocycles. The van der Waals surface area contributed by atoms with Crippen LogP contribution < -0.4 is 10.9 Å². The maximum atomic E-state index is 12.0. The number of nitrogens with zero attached hydrogens (tertiary/aromatic N) is 1. The van der Waals surface area contributed by atoms with Crippen molar-refractivity contribution < 1.29 is 9.59 Å². The van der Waals surface area contributed by atoms with Crippen molar-refractivity contribution in [3.05, 3.63) is 69.1 Å². The number of aromatic nitrogens is 1. The Kier molecular flexibility index (Phi) is 7.60. The van der Waals surface area contributed by atoms with Crippen LogP contribution in [0.5, 0.6) is 0 Å². The summed E-state index contributed by atoms with van der Waals surface area (Å²) < 4.78 is 1.73. The predicted octanol–water partition coefficient (Wildman–Crippen LogP) is 3.37. The van der Waals surface area contributed by atoms with Crippen LogP contribution in [0.1, 0.15) is 41.7 Å². The van der Waals surface area contributed by atoms with Gasteiger partial charge in [0.2, 0.25) is 5.91 Å². The molecule has 0 bridgehead atoms. The van der Waals surface area contributed by atoms with Crippen LogP contribution in [0, 0.1) is 6.92 Å². The Labute approximate surface area is 158 Å². The molecule has 0 aliphatic rings. The van der Waals surface area contributed by atoms with Crippen LogP contribution in [0.4, 0.5) is 0 Å². The Bertz CT molecular complexity index is 813. The minimum atomic E-state index is -0.139. The largest absolute Gasteiger partial charge is 0.356 e. The molecule has 2 rings (SSSR count). The van der Waals surface area contributed by atoms with Crippen molar-refractivity contribution in [2.45, 2.75) is 39.2 Å². The summed E-state index contributed by atoms with van der Waals surface area (Å²) in [5.74, 6) is -0.212. The maximum Gasteiger partial charge on any atom is 0.250 e. The van der Waals surface area contributed by atoms with E-state index in [-0.39, 0.29) is 30.1 Å². The van der Waals surface area contributed by atoms with Crippen molar-refractivity contribution in [1.82, 2.24) is 9.88 Å². The summed E-state index contributed by atoms with van der Waals surface area (Å²) in [4.78, 5) is 35.6. The number of rotatable bonds is 9. The fourth-order valence-electron chi connectivity index (χ4n) is 2.63. The van der Waals surface area contributed by atoms with Gasteiger partial charge in [0.25, 0.3) is 5.56 Å².